The monoisotopic (exact) mass is 239 g/mol. The Balaban J connectivity index is 2.57. The number of hydrogen-bond donors (Lipinski definition) is 2. The largest absolute Gasteiger partial charge is 0.387 e. The third-order valence-electron chi connectivity index (χ3n) is 4.12. The fourth-order valence-corrected chi connectivity index (χ4v) is 3.19. The molecule has 17 heavy (non-hydrogen) atoms. The molecule has 0 aliphatic heterocycles. The Morgan fingerprint density at radius 3 is 2.24 bits per heavy atom. The molecule has 1 aliphatic carbocycles. The average molecular weight is 239 g/mol. The van der Waals surface area contributed by atoms with Gasteiger partial charge in [0.2, 0.25) is 0 Å². The van der Waals surface area contributed by atoms with Crippen LogP contribution in [0.1, 0.15) is 47.0 Å². The molecule has 1 saturated carbocycles. The molecule has 3 atom stereocenters. The lowest BCUT2D eigenvalue weighted by atomic mass is 9.79. The Labute approximate surface area is 106 Å². The van der Waals surface area contributed by atoms with Gasteiger partial charge in [0.25, 0.3) is 0 Å². The lowest BCUT2D eigenvalue weighted by Gasteiger charge is -2.39. The van der Waals surface area contributed by atoms with Gasteiger partial charge in [-0.3, -0.25) is 10.3 Å². The van der Waals surface area contributed by atoms with E-state index in [0.717, 1.165) is 24.9 Å². The highest BCUT2D eigenvalue weighted by Gasteiger charge is 2.28. The summed E-state index contributed by atoms with van der Waals surface area (Å²) in [6.45, 7) is 11.0. The van der Waals surface area contributed by atoms with E-state index in [0.29, 0.717) is 11.9 Å². The van der Waals surface area contributed by atoms with Gasteiger partial charge >= 0.3 is 0 Å². The van der Waals surface area contributed by atoms with Gasteiger partial charge in [-0.15, -0.1) is 0 Å². The van der Waals surface area contributed by atoms with Crippen molar-refractivity contribution in [2.24, 2.45) is 23.5 Å². The minimum absolute atomic E-state index is 0.183. The van der Waals surface area contributed by atoms with Gasteiger partial charge in [-0.1, -0.05) is 27.7 Å². The maximum absolute atomic E-state index is 7.51. The van der Waals surface area contributed by atoms with E-state index in [4.69, 9.17) is 11.1 Å². The van der Waals surface area contributed by atoms with E-state index in [-0.39, 0.29) is 5.92 Å². The number of amidine groups is 1. The summed E-state index contributed by atoms with van der Waals surface area (Å²) < 4.78 is 0. The van der Waals surface area contributed by atoms with Gasteiger partial charge in [0.15, 0.2) is 0 Å². The first-order valence-electron chi connectivity index (χ1n) is 7.01. The smallest absolute Gasteiger partial charge is 0.0947 e. The van der Waals surface area contributed by atoms with Gasteiger partial charge < -0.3 is 5.73 Å². The molecule has 0 radical (unpaired) electrons. The Morgan fingerprint density at radius 1 is 1.29 bits per heavy atom. The van der Waals surface area contributed by atoms with Crippen LogP contribution in [0.15, 0.2) is 0 Å². The molecule has 3 unspecified atom stereocenters. The second-order valence-electron chi connectivity index (χ2n) is 6.02. The second kappa shape index (κ2) is 6.39. The van der Waals surface area contributed by atoms with Crippen molar-refractivity contribution in [1.82, 2.24) is 4.90 Å². The summed E-state index contributed by atoms with van der Waals surface area (Å²) in [6.07, 6.45) is 3.99. The van der Waals surface area contributed by atoms with Crippen molar-refractivity contribution in [3.63, 3.8) is 0 Å². The summed E-state index contributed by atoms with van der Waals surface area (Å²) in [6, 6.07) is 0.695. The summed E-state index contributed by atoms with van der Waals surface area (Å²) in [5.74, 6) is 2.18. The molecule has 1 rings (SSSR count). The van der Waals surface area contributed by atoms with Crippen molar-refractivity contribution in [3.8, 4) is 0 Å². The van der Waals surface area contributed by atoms with Gasteiger partial charge in [-0.05, 0) is 37.6 Å². The number of nitrogens with two attached hydrogens (primary N) is 1. The first-order valence-corrected chi connectivity index (χ1v) is 7.01. The van der Waals surface area contributed by atoms with E-state index in [1.165, 1.54) is 19.3 Å². The van der Waals surface area contributed by atoms with Crippen molar-refractivity contribution in [1.29, 1.82) is 5.41 Å². The van der Waals surface area contributed by atoms with Crippen molar-refractivity contribution in [2.45, 2.75) is 53.0 Å². The molecule has 3 nitrogen and oxygen atoms in total. The van der Waals surface area contributed by atoms with E-state index in [1.807, 2.05) is 0 Å². The molecule has 0 amide bonds. The molecule has 0 aromatic carbocycles. The van der Waals surface area contributed by atoms with Gasteiger partial charge in [-0.2, -0.15) is 0 Å². The molecule has 100 valence electrons. The highest BCUT2D eigenvalue weighted by molar-refractivity contribution is 5.79. The maximum atomic E-state index is 7.51. The molecule has 0 heterocycles. The molecule has 0 spiro atoms. The predicted molar refractivity (Wildman–Crippen MR) is 74.3 cm³/mol. The second-order valence-corrected chi connectivity index (χ2v) is 6.02. The van der Waals surface area contributed by atoms with Crippen LogP contribution in [0.2, 0.25) is 0 Å². The van der Waals surface area contributed by atoms with E-state index >= 15 is 0 Å². The van der Waals surface area contributed by atoms with Crippen LogP contribution in [0.3, 0.4) is 0 Å². The average Bonchev–Trinajstić information content (AvgIpc) is 2.23. The van der Waals surface area contributed by atoms with E-state index < -0.39 is 0 Å². The number of hydrogen-bond acceptors (Lipinski definition) is 2. The molecule has 0 saturated heterocycles. The summed E-state index contributed by atoms with van der Waals surface area (Å²) >= 11 is 0. The third kappa shape index (κ3) is 4.30. The van der Waals surface area contributed by atoms with Crippen LogP contribution in [-0.4, -0.2) is 29.9 Å². The van der Waals surface area contributed by atoms with E-state index in [9.17, 15) is 0 Å². The molecule has 0 aromatic rings. The number of rotatable bonds is 5. The van der Waals surface area contributed by atoms with Crippen LogP contribution < -0.4 is 5.73 Å². The van der Waals surface area contributed by atoms with E-state index in [1.54, 1.807) is 0 Å². The minimum atomic E-state index is 0.183. The van der Waals surface area contributed by atoms with Gasteiger partial charge in [-0.25, -0.2) is 0 Å². The Hall–Kier alpha value is -0.570. The van der Waals surface area contributed by atoms with Gasteiger partial charge in [0.1, 0.15) is 0 Å². The highest BCUT2D eigenvalue weighted by Crippen LogP contribution is 2.31. The highest BCUT2D eigenvalue weighted by atomic mass is 15.2. The fourth-order valence-electron chi connectivity index (χ4n) is 3.19. The van der Waals surface area contributed by atoms with Crippen molar-refractivity contribution < 1.29 is 0 Å². The lowest BCUT2D eigenvalue weighted by Crippen LogP contribution is -2.44. The van der Waals surface area contributed by atoms with Crippen LogP contribution >= 0.6 is 0 Å². The summed E-state index contributed by atoms with van der Waals surface area (Å²) in [7, 11) is 0. The van der Waals surface area contributed by atoms with Crippen LogP contribution in [0, 0.1) is 23.2 Å². The zero-order valence-corrected chi connectivity index (χ0v) is 11.9. The first kappa shape index (κ1) is 14.5. The standard InChI is InChI=1S/C14H29N3/c1-5-17(9-12(4)14(15)16)13-7-10(2)6-11(3)8-13/h10-13H,5-9H2,1-4H3,(H3,15,16). The fraction of sp³-hybridized carbons (Fsp3) is 0.929. The van der Waals surface area contributed by atoms with Crippen molar-refractivity contribution in [2.75, 3.05) is 13.1 Å². The zero-order valence-electron chi connectivity index (χ0n) is 11.9. The van der Waals surface area contributed by atoms with Crippen molar-refractivity contribution >= 4 is 5.84 Å². The van der Waals surface area contributed by atoms with E-state index in [2.05, 4.69) is 32.6 Å². The molecular weight excluding hydrogens is 210 g/mol. The number of nitrogens with zero attached hydrogens (tertiary/aromatic N) is 1. The third-order valence-corrected chi connectivity index (χ3v) is 4.12. The zero-order chi connectivity index (χ0) is 13.0. The molecule has 1 fully saturated rings. The predicted octanol–water partition coefficient (Wildman–Crippen LogP) is 2.71. The van der Waals surface area contributed by atoms with Gasteiger partial charge in [0.05, 0.1) is 5.84 Å². The van der Waals surface area contributed by atoms with Crippen LogP contribution in [-0.2, 0) is 0 Å². The van der Waals surface area contributed by atoms with Crippen LogP contribution in [0.5, 0.6) is 0 Å². The molecule has 0 bridgehead atoms. The molecular formula is C14H29N3. The summed E-state index contributed by atoms with van der Waals surface area (Å²) in [5.41, 5.74) is 5.58. The molecule has 3 N–H and O–H groups in total. The SMILES string of the molecule is CCN(CC(C)C(=N)N)C1CC(C)CC(C)C1. The topological polar surface area (TPSA) is 53.1 Å². The van der Waals surface area contributed by atoms with Crippen LogP contribution in [0.4, 0.5) is 0 Å². The summed E-state index contributed by atoms with van der Waals surface area (Å²) in [4.78, 5) is 2.53. The quantitative estimate of drug-likeness (QED) is 0.572. The summed E-state index contributed by atoms with van der Waals surface area (Å²) in [5, 5.41) is 7.51. The van der Waals surface area contributed by atoms with Crippen LogP contribution in [0.25, 0.3) is 0 Å². The maximum Gasteiger partial charge on any atom is 0.0947 e. The molecule has 1 aliphatic rings. The normalized spacial score (nSPS) is 31.5. The Morgan fingerprint density at radius 2 is 1.82 bits per heavy atom. The first-order chi connectivity index (χ1) is 7.93. The minimum Gasteiger partial charge on any atom is -0.387 e. The number of nitrogens with one attached hydrogen (secondary N) is 1. The molecule has 3 heteroatoms. The Bertz CT molecular complexity index is 242. The Kier molecular flexibility index (Phi) is 5.44. The van der Waals surface area contributed by atoms with Gasteiger partial charge in [0, 0.05) is 18.5 Å². The lowest BCUT2D eigenvalue weighted by molar-refractivity contribution is 0.108. The van der Waals surface area contributed by atoms with Crippen molar-refractivity contribution in [3.05, 3.63) is 0 Å². The molecule has 0 aromatic heterocycles.